The van der Waals surface area contributed by atoms with E-state index in [1.165, 1.54) is 21.9 Å². The van der Waals surface area contributed by atoms with Crippen LogP contribution >= 0.6 is 11.6 Å². The van der Waals surface area contributed by atoms with Crippen molar-refractivity contribution >= 4 is 23.3 Å². The maximum atomic E-state index is 13.7. The molecule has 0 radical (unpaired) electrons. The molecule has 1 aliphatic heterocycles. The second kappa shape index (κ2) is 6.32. The van der Waals surface area contributed by atoms with E-state index in [9.17, 15) is 22.4 Å². The van der Waals surface area contributed by atoms with Gasteiger partial charge in [-0.1, -0.05) is 11.6 Å². The molecular weight excluding hydrogens is 348 g/mol. The Labute approximate surface area is 140 Å². The van der Waals surface area contributed by atoms with E-state index in [0.29, 0.717) is 17.8 Å². The topological polar surface area (TPSA) is 23.6 Å². The van der Waals surface area contributed by atoms with E-state index in [1.807, 2.05) is 0 Å². The number of hydrogen-bond donors (Lipinski definition) is 0. The van der Waals surface area contributed by atoms with Crippen LogP contribution in [0.3, 0.4) is 0 Å². The predicted molar refractivity (Wildman–Crippen MR) is 80.9 cm³/mol. The van der Waals surface area contributed by atoms with Gasteiger partial charge in [0.1, 0.15) is 23.3 Å². The smallest absolute Gasteiger partial charge is 0.318 e. The highest BCUT2D eigenvalue weighted by molar-refractivity contribution is 6.31. The zero-order valence-electron chi connectivity index (χ0n) is 12.2. The molecule has 0 unspecified atom stereocenters. The van der Waals surface area contributed by atoms with Gasteiger partial charge in [-0.05, 0) is 18.2 Å². The Morgan fingerprint density at radius 3 is 2.25 bits per heavy atom. The Bertz CT molecular complexity index is 792. The zero-order valence-corrected chi connectivity index (χ0v) is 13.0. The highest BCUT2D eigenvalue weighted by Crippen LogP contribution is 2.27. The van der Waals surface area contributed by atoms with Crippen LogP contribution in [0.2, 0.25) is 5.02 Å². The van der Waals surface area contributed by atoms with Crippen molar-refractivity contribution in [2.45, 2.75) is 6.54 Å². The van der Waals surface area contributed by atoms with Crippen LogP contribution in [0.15, 0.2) is 30.3 Å². The lowest BCUT2D eigenvalue weighted by Gasteiger charge is -2.19. The quantitative estimate of drug-likeness (QED) is 0.749. The molecule has 3 rings (SSSR count). The number of urea groups is 1. The summed E-state index contributed by atoms with van der Waals surface area (Å²) in [4.78, 5) is 14.9. The molecule has 2 aromatic rings. The average molecular weight is 359 g/mol. The molecule has 1 fully saturated rings. The van der Waals surface area contributed by atoms with Crippen LogP contribution in [0.5, 0.6) is 0 Å². The maximum Gasteiger partial charge on any atom is 0.324 e. The van der Waals surface area contributed by atoms with Crippen LogP contribution in [0.1, 0.15) is 5.56 Å². The van der Waals surface area contributed by atoms with Crippen molar-refractivity contribution in [3.05, 3.63) is 64.2 Å². The van der Waals surface area contributed by atoms with Crippen molar-refractivity contribution < 1.29 is 22.4 Å². The average Bonchev–Trinajstić information content (AvgIpc) is 2.87. The number of nitrogens with zero attached hydrogens (tertiary/aromatic N) is 2. The predicted octanol–water partition coefficient (Wildman–Crippen LogP) is 4.34. The second-order valence-corrected chi connectivity index (χ2v) is 5.71. The third-order valence-electron chi connectivity index (χ3n) is 3.76. The van der Waals surface area contributed by atoms with Crippen LogP contribution in [-0.2, 0) is 6.54 Å². The summed E-state index contributed by atoms with van der Waals surface area (Å²) >= 11 is 5.70. The van der Waals surface area contributed by atoms with Crippen molar-refractivity contribution in [2.75, 3.05) is 18.0 Å². The summed E-state index contributed by atoms with van der Waals surface area (Å²) in [5, 5.41) is -0.130. The van der Waals surface area contributed by atoms with E-state index < -0.39 is 29.3 Å². The third-order valence-corrected chi connectivity index (χ3v) is 4.05. The van der Waals surface area contributed by atoms with Gasteiger partial charge in [-0.2, -0.15) is 0 Å². The van der Waals surface area contributed by atoms with Gasteiger partial charge < -0.3 is 4.90 Å². The van der Waals surface area contributed by atoms with Gasteiger partial charge in [0.05, 0.1) is 11.6 Å². The zero-order chi connectivity index (χ0) is 17.4. The molecule has 0 bridgehead atoms. The van der Waals surface area contributed by atoms with Crippen molar-refractivity contribution in [3.63, 3.8) is 0 Å². The third kappa shape index (κ3) is 3.03. The Morgan fingerprint density at radius 1 is 0.958 bits per heavy atom. The first-order valence-electron chi connectivity index (χ1n) is 7.01. The molecule has 1 aliphatic rings. The van der Waals surface area contributed by atoms with E-state index in [4.69, 9.17) is 11.6 Å². The van der Waals surface area contributed by atoms with Crippen LogP contribution in [0.4, 0.5) is 28.0 Å². The monoisotopic (exact) mass is 358 g/mol. The summed E-state index contributed by atoms with van der Waals surface area (Å²) in [5.74, 6) is -3.74. The second-order valence-electron chi connectivity index (χ2n) is 5.30. The van der Waals surface area contributed by atoms with Gasteiger partial charge in [0, 0.05) is 36.5 Å². The summed E-state index contributed by atoms with van der Waals surface area (Å²) in [6, 6.07) is 4.46. The molecule has 0 spiro atoms. The highest BCUT2D eigenvalue weighted by atomic mass is 35.5. The number of amides is 2. The lowest BCUT2D eigenvalue weighted by atomic mass is 10.2. The van der Waals surface area contributed by atoms with Crippen LogP contribution in [0.25, 0.3) is 0 Å². The molecule has 3 nitrogen and oxygen atoms in total. The van der Waals surface area contributed by atoms with E-state index >= 15 is 0 Å². The van der Waals surface area contributed by atoms with Crippen molar-refractivity contribution in [3.8, 4) is 0 Å². The minimum Gasteiger partial charge on any atom is -0.318 e. The number of hydrogen-bond acceptors (Lipinski definition) is 1. The molecule has 24 heavy (non-hydrogen) atoms. The summed E-state index contributed by atoms with van der Waals surface area (Å²) in [6.07, 6.45) is 0. The lowest BCUT2D eigenvalue weighted by Crippen LogP contribution is -2.32. The fourth-order valence-electron chi connectivity index (χ4n) is 2.54. The van der Waals surface area contributed by atoms with Gasteiger partial charge in [0.2, 0.25) is 0 Å². The molecule has 0 aromatic heterocycles. The van der Waals surface area contributed by atoms with Crippen LogP contribution in [-0.4, -0.2) is 24.0 Å². The Morgan fingerprint density at radius 2 is 1.62 bits per heavy atom. The van der Waals surface area contributed by atoms with Gasteiger partial charge in [-0.25, -0.2) is 22.4 Å². The summed E-state index contributed by atoms with van der Waals surface area (Å²) < 4.78 is 53.6. The highest BCUT2D eigenvalue weighted by Gasteiger charge is 2.31. The maximum absolute atomic E-state index is 13.7. The molecule has 1 saturated heterocycles. The molecule has 0 atom stereocenters. The van der Waals surface area contributed by atoms with E-state index in [2.05, 4.69) is 0 Å². The molecule has 0 N–H and O–H groups in total. The van der Waals surface area contributed by atoms with Crippen LogP contribution < -0.4 is 4.90 Å². The summed E-state index contributed by atoms with van der Waals surface area (Å²) in [5.41, 5.74) is -0.00214. The number of anilines is 1. The fraction of sp³-hybridized carbons (Fsp3) is 0.188. The Balaban J connectivity index is 1.81. The molecular formula is C16H11ClF4N2O. The molecule has 2 aromatic carbocycles. The molecule has 8 heteroatoms. The number of rotatable bonds is 3. The minimum atomic E-state index is -1.05. The first-order valence-corrected chi connectivity index (χ1v) is 7.39. The normalized spacial score (nSPS) is 14.6. The molecule has 1 heterocycles. The van der Waals surface area contributed by atoms with Crippen LogP contribution in [0, 0.1) is 23.3 Å². The molecule has 126 valence electrons. The minimum absolute atomic E-state index is 0.130. The Kier molecular flexibility index (Phi) is 4.36. The van der Waals surface area contributed by atoms with Gasteiger partial charge in [-0.15, -0.1) is 0 Å². The number of halogens is 5. The number of benzene rings is 2. The van der Waals surface area contributed by atoms with Crippen molar-refractivity contribution in [1.82, 2.24) is 4.90 Å². The van der Waals surface area contributed by atoms with Crippen molar-refractivity contribution in [1.29, 1.82) is 0 Å². The van der Waals surface area contributed by atoms with Gasteiger partial charge >= 0.3 is 6.03 Å². The summed E-state index contributed by atoms with van der Waals surface area (Å²) in [7, 11) is 0. The first-order chi connectivity index (χ1) is 11.4. The fourth-order valence-corrected chi connectivity index (χ4v) is 2.71. The molecule has 2 amide bonds. The summed E-state index contributed by atoms with van der Waals surface area (Å²) in [6.45, 7) is 0.136. The van der Waals surface area contributed by atoms with Gasteiger partial charge in [0.15, 0.2) is 0 Å². The standard InChI is InChI=1S/C16H11ClF4N2O/c17-12-7-10(1-2-13(12)19)23-4-3-22(16(23)24)8-11-14(20)5-9(18)6-15(11)21/h1-2,5-7H,3-4,8H2. The number of carbonyl (C=O) groups excluding carboxylic acids is 1. The largest absolute Gasteiger partial charge is 0.324 e. The Hall–Kier alpha value is -2.28. The SMILES string of the molecule is O=C1N(Cc2c(F)cc(F)cc2F)CCN1c1ccc(F)c(Cl)c1. The van der Waals surface area contributed by atoms with E-state index in [1.54, 1.807) is 0 Å². The first kappa shape index (κ1) is 16.6. The number of carbonyl (C=O) groups is 1. The van der Waals surface area contributed by atoms with Gasteiger partial charge in [0.25, 0.3) is 0 Å². The van der Waals surface area contributed by atoms with E-state index in [0.717, 1.165) is 6.07 Å². The van der Waals surface area contributed by atoms with Crippen molar-refractivity contribution in [2.24, 2.45) is 0 Å². The van der Waals surface area contributed by atoms with E-state index in [-0.39, 0.29) is 30.2 Å². The van der Waals surface area contributed by atoms with Gasteiger partial charge in [-0.3, -0.25) is 4.90 Å². The molecule has 0 aliphatic carbocycles. The lowest BCUT2D eigenvalue weighted by molar-refractivity contribution is 0.217. The molecule has 0 saturated carbocycles.